The number of aromatic nitrogens is 1. The zero-order valence-corrected chi connectivity index (χ0v) is 7.97. The molecule has 1 unspecified atom stereocenters. The highest BCUT2D eigenvalue weighted by Crippen LogP contribution is 2.21. The van der Waals surface area contributed by atoms with Crippen molar-refractivity contribution in [2.75, 3.05) is 13.7 Å². The summed E-state index contributed by atoms with van der Waals surface area (Å²) >= 11 is 0. The van der Waals surface area contributed by atoms with Gasteiger partial charge in [0.25, 0.3) is 0 Å². The normalized spacial score (nSPS) is 21.6. The van der Waals surface area contributed by atoms with E-state index in [1.165, 1.54) is 7.11 Å². The zero-order chi connectivity index (χ0) is 9.97. The monoisotopic (exact) mass is 196 g/mol. The van der Waals surface area contributed by atoms with Crippen LogP contribution in [-0.4, -0.2) is 35.7 Å². The molecule has 0 amide bonds. The summed E-state index contributed by atoms with van der Waals surface area (Å²) in [6, 6.07) is 1.69. The fourth-order valence-corrected chi connectivity index (χ4v) is 1.56. The maximum absolute atomic E-state index is 11.2. The Morgan fingerprint density at radius 3 is 3.21 bits per heavy atom. The van der Waals surface area contributed by atoms with Crippen molar-refractivity contribution in [3.8, 4) is 0 Å². The minimum Gasteiger partial charge on any atom is -0.468 e. The van der Waals surface area contributed by atoms with E-state index in [0.717, 1.165) is 18.7 Å². The first kappa shape index (κ1) is 9.21. The van der Waals surface area contributed by atoms with Crippen LogP contribution in [-0.2, 0) is 16.1 Å². The summed E-state index contributed by atoms with van der Waals surface area (Å²) in [6.07, 6.45) is 2.46. The predicted molar refractivity (Wildman–Crippen MR) is 47.3 cm³/mol. The molecule has 0 saturated carbocycles. The molecule has 0 N–H and O–H groups in total. The predicted octanol–water partition coefficient (Wildman–Crippen LogP) is 0.422. The van der Waals surface area contributed by atoms with Crippen molar-refractivity contribution in [2.45, 2.75) is 19.0 Å². The van der Waals surface area contributed by atoms with E-state index < -0.39 is 0 Å². The van der Waals surface area contributed by atoms with Crippen LogP contribution in [0.5, 0.6) is 0 Å². The molecule has 1 aromatic rings. The molecule has 0 bridgehead atoms. The van der Waals surface area contributed by atoms with Crippen LogP contribution in [0.4, 0.5) is 0 Å². The summed E-state index contributed by atoms with van der Waals surface area (Å²) in [5, 5.41) is 3.61. The summed E-state index contributed by atoms with van der Waals surface area (Å²) in [4.78, 5) is 13.2. The molecule has 2 heterocycles. The zero-order valence-electron chi connectivity index (χ0n) is 7.97. The average Bonchev–Trinajstić information content (AvgIpc) is 2.64. The summed E-state index contributed by atoms with van der Waals surface area (Å²) in [5.41, 5.74) is 0. The van der Waals surface area contributed by atoms with E-state index in [9.17, 15) is 4.79 Å². The number of methoxy groups -OCH3 is 1. The molecule has 1 saturated heterocycles. The van der Waals surface area contributed by atoms with Crippen molar-refractivity contribution in [1.29, 1.82) is 0 Å². The highest BCUT2D eigenvalue weighted by molar-refractivity contribution is 5.76. The van der Waals surface area contributed by atoms with Gasteiger partial charge in [-0.15, -0.1) is 0 Å². The van der Waals surface area contributed by atoms with Gasteiger partial charge in [-0.3, -0.25) is 9.69 Å². The highest BCUT2D eigenvalue weighted by Gasteiger charge is 2.35. The molecule has 1 atom stereocenters. The van der Waals surface area contributed by atoms with E-state index in [4.69, 9.17) is 4.52 Å². The average molecular weight is 196 g/mol. The fraction of sp³-hybridized carbons (Fsp3) is 0.556. The molecule has 0 aliphatic carbocycles. The number of hydrogen-bond acceptors (Lipinski definition) is 5. The van der Waals surface area contributed by atoms with Crippen LogP contribution in [0.3, 0.4) is 0 Å². The van der Waals surface area contributed by atoms with Gasteiger partial charge in [0.05, 0.1) is 19.9 Å². The van der Waals surface area contributed by atoms with Crippen molar-refractivity contribution in [1.82, 2.24) is 10.1 Å². The maximum atomic E-state index is 11.2. The largest absolute Gasteiger partial charge is 0.468 e. The van der Waals surface area contributed by atoms with Gasteiger partial charge in [0.15, 0.2) is 5.76 Å². The summed E-state index contributed by atoms with van der Waals surface area (Å²) in [5.74, 6) is 0.606. The van der Waals surface area contributed by atoms with Gasteiger partial charge in [0.1, 0.15) is 6.04 Å². The summed E-state index contributed by atoms with van der Waals surface area (Å²) in [6.45, 7) is 1.53. The molecule has 0 radical (unpaired) electrons. The van der Waals surface area contributed by atoms with Crippen molar-refractivity contribution in [2.24, 2.45) is 0 Å². The van der Waals surface area contributed by atoms with E-state index in [-0.39, 0.29) is 12.0 Å². The Balaban J connectivity index is 1.91. The Labute approximate surface area is 81.6 Å². The number of rotatable bonds is 3. The first-order valence-corrected chi connectivity index (χ1v) is 4.52. The van der Waals surface area contributed by atoms with E-state index in [2.05, 4.69) is 9.89 Å². The molecule has 2 rings (SSSR count). The van der Waals surface area contributed by atoms with Gasteiger partial charge in [0.2, 0.25) is 0 Å². The Hall–Kier alpha value is -1.36. The number of carbonyl (C=O) groups is 1. The van der Waals surface area contributed by atoms with E-state index >= 15 is 0 Å². The van der Waals surface area contributed by atoms with Crippen molar-refractivity contribution >= 4 is 5.97 Å². The van der Waals surface area contributed by atoms with Gasteiger partial charge in [-0.25, -0.2) is 0 Å². The van der Waals surface area contributed by atoms with E-state index in [1.54, 1.807) is 12.3 Å². The summed E-state index contributed by atoms with van der Waals surface area (Å²) < 4.78 is 9.63. The molecule has 0 spiro atoms. The minimum atomic E-state index is -0.171. The third kappa shape index (κ3) is 1.63. The van der Waals surface area contributed by atoms with Crippen LogP contribution in [0.15, 0.2) is 16.8 Å². The van der Waals surface area contributed by atoms with Crippen molar-refractivity contribution < 1.29 is 14.1 Å². The van der Waals surface area contributed by atoms with Gasteiger partial charge in [-0.05, 0) is 6.42 Å². The third-order valence-electron chi connectivity index (χ3n) is 2.45. The minimum absolute atomic E-state index is 0.106. The van der Waals surface area contributed by atoms with E-state index in [0.29, 0.717) is 6.54 Å². The molecule has 1 aliphatic heterocycles. The molecule has 5 nitrogen and oxygen atoms in total. The Kier molecular flexibility index (Phi) is 2.49. The smallest absolute Gasteiger partial charge is 0.323 e. The highest BCUT2D eigenvalue weighted by atomic mass is 16.5. The van der Waals surface area contributed by atoms with Crippen molar-refractivity contribution in [3.63, 3.8) is 0 Å². The van der Waals surface area contributed by atoms with Crippen LogP contribution < -0.4 is 0 Å². The van der Waals surface area contributed by atoms with Gasteiger partial charge in [-0.1, -0.05) is 5.16 Å². The molecular weight excluding hydrogens is 184 g/mol. The van der Waals surface area contributed by atoms with Crippen LogP contribution in [0.1, 0.15) is 12.2 Å². The number of esters is 1. The van der Waals surface area contributed by atoms with Crippen LogP contribution in [0, 0.1) is 0 Å². The molecular formula is C9H12N2O3. The van der Waals surface area contributed by atoms with Crippen molar-refractivity contribution in [3.05, 3.63) is 18.0 Å². The first-order valence-electron chi connectivity index (χ1n) is 4.52. The number of carbonyl (C=O) groups excluding carboxylic acids is 1. The SMILES string of the molecule is COC(=O)C1CCN1Cc1ccno1. The molecule has 0 aromatic carbocycles. The maximum Gasteiger partial charge on any atom is 0.323 e. The molecule has 1 aromatic heterocycles. The molecule has 1 aliphatic rings. The van der Waals surface area contributed by atoms with Crippen LogP contribution in [0.2, 0.25) is 0 Å². The third-order valence-corrected chi connectivity index (χ3v) is 2.45. The van der Waals surface area contributed by atoms with Gasteiger partial charge in [-0.2, -0.15) is 0 Å². The quantitative estimate of drug-likeness (QED) is 0.656. The number of nitrogens with zero attached hydrogens (tertiary/aromatic N) is 2. The number of ether oxygens (including phenoxy) is 1. The Morgan fingerprint density at radius 2 is 2.71 bits per heavy atom. The second-order valence-corrected chi connectivity index (χ2v) is 3.28. The van der Waals surface area contributed by atoms with Crippen LogP contribution in [0.25, 0.3) is 0 Å². The van der Waals surface area contributed by atoms with Gasteiger partial charge in [0, 0.05) is 12.6 Å². The molecule has 1 fully saturated rings. The summed E-state index contributed by atoms with van der Waals surface area (Å²) in [7, 11) is 1.41. The molecule has 76 valence electrons. The number of hydrogen-bond donors (Lipinski definition) is 0. The lowest BCUT2D eigenvalue weighted by atomic mass is 10.0. The Morgan fingerprint density at radius 1 is 1.86 bits per heavy atom. The van der Waals surface area contributed by atoms with Crippen LogP contribution >= 0.6 is 0 Å². The topological polar surface area (TPSA) is 55.6 Å². The lowest BCUT2D eigenvalue weighted by Crippen LogP contribution is -2.52. The Bertz CT molecular complexity index is 310. The first-order chi connectivity index (χ1) is 6.81. The lowest BCUT2D eigenvalue weighted by molar-refractivity contribution is -0.152. The van der Waals surface area contributed by atoms with E-state index in [1.807, 2.05) is 4.90 Å². The molecule has 5 heteroatoms. The second-order valence-electron chi connectivity index (χ2n) is 3.28. The second kappa shape index (κ2) is 3.79. The lowest BCUT2D eigenvalue weighted by Gasteiger charge is -2.37. The van der Waals surface area contributed by atoms with Gasteiger partial charge >= 0.3 is 5.97 Å². The van der Waals surface area contributed by atoms with Gasteiger partial charge < -0.3 is 9.26 Å². The number of likely N-dealkylation sites (tertiary alicyclic amines) is 1. The fourth-order valence-electron chi connectivity index (χ4n) is 1.56. The molecule has 14 heavy (non-hydrogen) atoms. The standard InChI is InChI=1S/C9H12N2O3/c1-13-9(12)8-3-5-11(8)6-7-2-4-10-14-7/h2,4,8H,3,5-6H2,1H3.